The number of carboxylic acids is 1. The van der Waals surface area contributed by atoms with E-state index in [0.29, 0.717) is 18.3 Å². The van der Waals surface area contributed by atoms with Gasteiger partial charge in [-0.25, -0.2) is 4.79 Å². The minimum atomic E-state index is -0.949. The minimum absolute atomic E-state index is 0.245. The fourth-order valence-corrected chi connectivity index (χ4v) is 2.52. The first-order valence-corrected chi connectivity index (χ1v) is 6.52. The molecule has 3 N–H and O–H groups in total. The van der Waals surface area contributed by atoms with Crippen molar-refractivity contribution < 1.29 is 9.90 Å². The molecule has 0 saturated carbocycles. The number of carbonyl (C=O) groups is 1. The molecule has 104 valence electrons. The van der Waals surface area contributed by atoms with Crippen LogP contribution in [0.1, 0.15) is 22.8 Å². The molecular formula is C14H21N3O2. The van der Waals surface area contributed by atoms with E-state index in [-0.39, 0.29) is 5.56 Å². The van der Waals surface area contributed by atoms with E-state index in [1.54, 1.807) is 6.07 Å². The van der Waals surface area contributed by atoms with Crippen LogP contribution in [-0.2, 0) is 6.54 Å². The second-order valence-corrected chi connectivity index (χ2v) is 5.25. The summed E-state index contributed by atoms with van der Waals surface area (Å²) >= 11 is 0. The molecule has 1 saturated heterocycles. The summed E-state index contributed by atoms with van der Waals surface area (Å²) in [5.74, 6) is -0.949. The van der Waals surface area contributed by atoms with E-state index in [4.69, 9.17) is 5.73 Å². The molecule has 5 heteroatoms. The Morgan fingerprint density at radius 1 is 1.47 bits per heavy atom. The average molecular weight is 263 g/mol. The lowest BCUT2D eigenvalue weighted by Crippen LogP contribution is -2.49. The molecule has 1 heterocycles. The van der Waals surface area contributed by atoms with Crippen LogP contribution in [-0.4, -0.2) is 53.6 Å². The average Bonchev–Trinajstić information content (AvgIpc) is 2.33. The first-order chi connectivity index (χ1) is 8.99. The van der Waals surface area contributed by atoms with E-state index in [2.05, 4.69) is 23.8 Å². The topological polar surface area (TPSA) is 69.8 Å². The fourth-order valence-electron chi connectivity index (χ4n) is 2.52. The molecule has 0 bridgehead atoms. The van der Waals surface area contributed by atoms with E-state index in [9.17, 15) is 9.90 Å². The molecule has 0 aromatic heterocycles. The van der Waals surface area contributed by atoms with Crippen LogP contribution < -0.4 is 5.73 Å². The van der Waals surface area contributed by atoms with Crippen molar-refractivity contribution in [2.45, 2.75) is 19.5 Å². The van der Waals surface area contributed by atoms with Gasteiger partial charge in [0.15, 0.2) is 0 Å². The molecule has 19 heavy (non-hydrogen) atoms. The van der Waals surface area contributed by atoms with E-state index in [1.807, 2.05) is 12.1 Å². The summed E-state index contributed by atoms with van der Waals surface area (Å²) in [6.45, 7) is 5.74. The second-order valence-electron chi connectivity index (χ2n) is 5.25. The fraction of sp³-hybridized carbons (Fsp3) is 0.500. The molecule has 2 rings (SSSR count). The first-order valence-electron chi connectivity index (χ1n) is 6.52. The number of hydrogen-bond donors (Lipinski definition) is 2. The van der Waals surface area contributed by atoms with Crippen LogP contribution >= 0.6 is 0 Å². The van der Waals surface area contributed by atoms with Gasteiger partial charge >= 0.3 is 5.97 Å². The smallest absolute Gasteiger partial charge is 0.338 e. The summed E-state index contributed by atoms with van der Waals surface area (Å²) in [6.07, 6.45) is 0. The lowest BCUT2D eigenvalue weighted by molar-refractivity contribution is 0.0692. The van der Waals surface area contributed by atoms with Crippen LogP contribution in [0.25, 0.3) is 0 Å². The quantitative estimate of drug-likeness (QED) is 0.799. The van der Waals surface area contributed by atoms with Crippen molar-refractivity contribution >= 4 is 11.7 Å². The predicted molar refractivity (Wildman–Crippen MR) is 75.2 cm³/mol. The molecule has 1 aromatic carbocycles. The van der Waals surface area contributed by atoms with Crippen LogP contribution in [0.2, 0.25) is 0 Å². The van der Waals surface area contributed by atoms with Gasteiger partial charge in [-0.2, -0.15) is 0 Å². The zero-order valence-corrected chi connectivity index (χ0v) is 11.5. The number of rotatable bonds is 3. The third-order valence-corrected chi connectivity index (χ3v) is 3.83. The van der Waals surface area contributed by atoms with Crippen LogP contribution in [0.3, 0.4) is 0 Å². The largest absolute Gasteiger partial charge is 0.478 e. The van der Waals surface area contributed by atoms with Gasteiger partial charge in [-0.3, -0.25) is 4.90 Å². The lowest BCUT2D eigenvalue weighted by Gasteiger charge is -2.37. The Morgan fingerprint density at radius 3 is 2.84 bits per heavy atom. The molecule has 1 aromatic rings. The molecule has 1 atom stereocenters. The van der Waals surface area contributed by atoms with Gasteiger partial charge in [-0.1, -0.05) is 12.1 Å². The molecule has 0 radical (unpaired) electrons. The molecule has 1 fully saturated rings. The molecule has 1 unspecified atom stereocenters. The maximum atomic E-state index is 11.3. The van der Waals surface area contributed by atoms with Gasteiger partial charge < -0.3 is 15.7 Å². The summed E-state index contributed by atoms with van der Waals surface area (Å²) in [4.78, 5) is 15.9. The predicted octanol–water partition coefficient (Wildman–Crippen LogP) is 1.10. The Bertz CT molecular complexity index is 476. The molecule has 0 spiro atoms. The van der Waals surface area contributed by atoms with Crippen LogP contribution in [0.15, 0.2) is 18.2 Å². The van der Waals surface area contributed by atoms with Crippen molar-refractivity contribution in [3.05, 3.63) is 29.3 Å². The van der Waals surface area contributed by atoms with E-state index in [0.717, 1.165) is 25.2 Å². The highest BCUT2D eigenvalue weighted by Gasteiger charge is 2.22. The number of likely N-dealkylation sites (N-methyl/N-ethyl adjacent to an activating group) is 1. The third kappa shape index (κ3) is 3.05. The molecule has 1 aliphatic rings. The molecule has 0 aliphatic carbocycles. The number of nitrogens with zero attached hydrogens (tertiary/aromatic N) is 2. The summed E-state index contributed by atoms with van der Waals surface area (Å²) < 4.78 is 0. The Kier molecular flexibility index (Phi) is 4.07. The van der Waals surface area contributed by atoms with Crippen molar-refractivity contribution in [1.82, 2.24) is 9.80 Å². The van der Waals surface area contributed by atoms with Crippen molar-refractivity contribution in [3.8, 4) is 0 Å². The monoisotopic (exact) mass is 263 g/mol. The number of carboxylic acid groups (broad SMARTS) is 1. The normalized spacial score (nSPS) is 21.5. The van der Waals surface area contributed by atoms with E-state index < -0.39 is 5.97 Å². The third-order valence-electron chi connectivity index (χ3n) is 3.83. The molecule has 0 amide bonds. The van der Waals surface area contributed by atoms with Gasteiger partial charge in [-0.05, 0) is 25.6 Å². The first kappa shape index (κ1) is 13.8. The molecular weight excluding hydrogens is 242 g/mol. The highest BCUT2D eigenvalue weighted by atomic mass is 16.4. The zero-order valence-electron chi connectivity index (χ0n) is 11.5. The summed E-state index contributed by atoms with van der Waals surface area (Å²) in [5, 5.41) is 9.26. The SMILES string of the molecule is CC1CN(Cc2cccc(N)c2C(=O)O)CCN1C. The number of benzene rings is 1. The van der Waals surface area contributed by atoms with Crippen molar-refractivity contribution in [2.75, 3.05) is 32.4 Å². The van der Waals surface area contributed by atoms with Crippen LogP contribution in [0.4, 0.5) is 5.69 Å². The number of hydrogen-bond acceptors (Lipinski definition) is 4. The van der Waals surface area contributed by atoms with Gasteiger partial charge in [0.1, 0.15) is 0 Å². The Hall–Kier alpha value is -1.59. The van der Waals surface area contributed by atoms with Gasteiger partial charge in [0.25, 0.3) is 0 Å². The maximum Gasteiger partial charge on any atom is 0.338 e. The lowest BCUT2D eigenvalue weighted by atomic mass is 10.0. The number of piperazine rings is 1. The number of anilines is 1. The van der Waals surface area contributed by atoms with Crippen LogP contribution in [0.5, 0.6) is 0 Å². The zero-order chi connectivity index (χ0) is 14.0. The van der Waals surface area contributed by atoms with E-state index >= 15 is 0 Å². The van der Waals surface area contributed by atoms with Gasteiger partial charge in [-0.15, -0.1) is 0 Å². The molecule has 1 aliphatic heterocycles. The van der Waals surface area contributed by atoms with E-state index in [1.165, 1.54) is 0 Å². The Balaban J connectivity index is 2.15. The Morgan fingerprint density at radius 2 is 2.21 bits per heavy atom. The molecule has 5 nitrogen and oxygen atoms in total. The number of nitrogens with two attached hydrogens (primary N) is 1. The second kappa shape index (κ2) is 5.59. The van der Waals surface area contributed by atoms with Gasteiger partial charge in [0.2, 0.25) is 0 Å². The summed E-state index contributed by atoms with van der Waals surface area (Å²) in [7, 11) is 2.12. The van der Waals surface area contributed by atoms with Crippen molar-refractivity contribution in [1.29, 1.82) is 0 Å². The van der Waals surface area contributed by atoms with Crippen molar-refractivity contribution in [2.24, 2.45) is 0 Å². The highest BCUT2D eigenvalue weighted by molar-refractivity contribution is 5.95. The Labute approximate surface area is 113 Å². The highest BCUT2D eigenvalue weighted by Crippen LogP contribution is 2.20. The summed E-state index contributed by atoms with van der Waals surface area (Å²) in [5.41, 5.74) is 7.15. The maximum absolute atomic E-state index is 11.3. The summed E-state index contributed by atoms with van der Waals surface area (Å²) in [6, 6.07) is 5.79. The minimum Gasteiger partial charge on any atom is -0.478 e. The van der Waals surface area contributed by atoms with Crippen LogP contribution in [0, 0.1) is 0 Å². The van der Waals surface area contributed by atoms with Crippen molar-refractivity contribution in [3.63, 3.8) is 0 Å². The number of aromatic carboxylic acids is 1. The standard InChI is InChI=1S/C14H21N3O2/c1-10-8-17(7-6-16(10)2)9-11-4-3-5-12(15)13(11)14(18)19/h3-5,10H,6-9,15H2,1-2H3,(H,18,19). The van der Waals surface area contributed by atoms with Gasteiger partial charge in [0.05, 0.1) is 5.56 Å². The number of nitrogen functional groups attached to an aromatic ring is 1. The van der Waals surface area contributed by atoms with Gasteiger partial charge in [0, 0.05) is 37.9 Å².